The molecular formula is C22H22Cl2N6O2. The molecule has 8 nitrogen and oxygen atoms in total. The number of piperidine rings is 1. The van der Waals surface area contributed by atoms with Gasteiger partial charge < -0.3 is 14.8 Å². The molecule has 1 aromatic carbocycles. The van der Waals surface area contributed by atoms with Crippen LogP contribution < -0.4 is 5.32 Å². The summed E-state index contributed by atoms with van der Waals surface area (Å²) in [4.78, 5) is 11.6. The Labute approximate surface area is 194 Å². The van der Waals surface area contributed by atoms with Crippen molar-refractivity contribution in [3.05, 3.63) is 40.3 Å². The lowest BCUT2D eigenvalue weighted by atomic mass is 9.83. The van der Waals surface area contributed by atoms with Crippen molar-refractivity contribution < 1.29 is 9.47 Å². The molecule has 0 amide bonds. The van der Waals surface area contributed by atoms with Crippen LogP contribution in [0, 0.1) is 0 Å². The first-order valence-electron chi connectivity index (χ1n) is 11.1. The number of anilines is 2. The molecule has 10 heteroatoms. The van der Waals surface area contributed by atoms with E-state index in [1.54, 1.807) is 12.4 Å². The average Bonchev–Trinajstić information content (AvgIpc) is 3.54. The fourth-order valence-corrected chi connectivity index (χ4v) is 5.67. The smallest absolute Gasteiger partial charge is 0.227 e. The average molecular weight is 473 g/mol. The van der Waals surface area contributed by atoms with Crippen LogP contribution in [0.2, 0.25) is 10.2 Å². The summed E-state index contributed by atoms with van der Waals surface area (Å²) < 4.78 is 13.2. The van der Waals surface area contributed by atoms with Gasteiger partial charge in [0.25, 0.3) is 0 Å². The molecule has 0 radical (unpaired) electrons. The number of aromatic nitrogens is 4. The normalized spacial score (nSPS) is 27.9. The standard InChI is InChI=1S/C22H22Cl2N6O2/c23-16-3-12-7-25-22(28-18-8-26-30(21(18)24)13-1-2-13)27-17(12)6-15(16)11-4-19-29(14-9-31-10-14)20(5-11)32-19/h3,6-8,11,13-14,19-20H,1-2,4-5,9-10H2,(H,25,27,28). The van der Waals surface area contributed by atoms with Crippen molar-refractivity contribution in [1.29, 1.82) is 0 Å². The molecule has 0 spiro atoms. The van der Waals surface area contributed by atoms with E-state index in [4.69, 9.17) is 37.7 Å². The van der Waals surface area contributed by atoms with Gasteiger partial charge in [-0.3, -0.25) is 0 Å². The minimum absolute atomic E-state index is 0.159. The maximum Gasteiger partial charge on any atom is 0.227 e. The van der Waals surface area contributed by atoms with Gasteiger partial charge in [0.15, 0.2) is 5.15 Å². The number of nitrogens with zero attached hydrogens (tertiary/aromatic N) is 5. The molecule has 5 fully saturated rings. The van der Waals surface area contributed by atoms with E-state index in [1.165, 1.54) is 0 Å². The van der Waals surface area contributed by atoms with Crippen molar-refractivity contribution in [1.82, 2.24) is 24.6 Å². The molecule has 1 aliphatic carbocycles. The maximum atomic E-state index is 6.69. The van der Waals surface area contributed by atoms with Crippen LogP contribution >= 0.6 is 23.2 Å². The van der Waals surface area contributed by atoms with Crippen molar-refractivity contribution in [2.24, 2.45) is 0 Å². The number of hydrogen-bond donors (Lipinski definition) is 1. The minimum atomic E-state index is 0.159. The summed E-state index contributed by atoms with van der Waals surface area (Å²) in [6.45, 7) is 1.63. The van der Waals surface area contributed by atoms with Crippen molar-refractivity contribution in [2.45, 2.75) is 56.1 Å². The van der Waals surface area contributed by atoms with Crippen LogP contribution in [0.3, 0.4) is 0 Å². The van der Waals surface area contributed by atoms with Gasteiger partial charge in [-0.1, -0.05) is 23.2 Å². The van der Waals surface area contributed by atoms with Gasteiger partial charge in [0.2, 0.25) is 5.95 Å². The molecule has 2 unspecified atom stereocenters. The molecule has 3 aromatic rings. The zero-order valence-corrected chi connectivity index (χ0v) is 18.8. The molecule has 5 aliphatic rings. The Bertz CT molecular complexity index is 1200. The number of halogens is 2. The highest BCUT2D eigenvalue weighted by Crippen LogP contribution is 2.47. The molecule has 6 heterocycles. The predicted octanol–water partition coefficient (Wildman–Crippen LogP) is 4.47. The first kappa shape index (κ1) is 19.5. The van der Waals surface area contributed by atoms with Gasteiger partial charge in [0, 0.05) is 16.6 Å². The van der Waals surface area contributed by atoms with E-state index in [2.05, 4.69) is 26.4 Å². The number of nitrogens with one attached hydrogen (secondary N) is 1. The summed E-state index contributed by atoms with van der Waals surface area (Å²) in [7, 11) is 0. The maximum absolute atomic E-state index is 6.69. The Morgan fingerprint density at radius 2 is 1.84 bits per heavy atom. The summed E-state index contributed by atoms with van der Waals surface area (Å²) in [6, 6.07) is 4.99. The van der Waals surface area contributed by atoms with Gasteiger partial charge in [-0.25, -0.2) is 19.5 Å². The summed E-state index contributed by atoms with van der Waals surface area (Å²) in [5.74, 6) is 0.847. The molecule has 1 N–H and O–H groups in total. The number of benzene rings is 1. The van der Waals surface area contributed by atoms with E-state index >= 15 is 0 Å². The molecular weight excluding hydrogens is 451 g/mol. The van der Waals surface area contributed by atoms with E-state index < -0.39 is 0 Å². The topological polar surface area (TPSA) is 77.3 Å². The van der Waals surface area contributed by atoms with Crippen LogP contribution in [-0.4, -0.2) is 56.4 Å². The van der Waals surface area contributed by atoms with Crippen LogP contribution in [-0.2, 0) is 9.47 Å². The monoisotopic (exact) mass is 472 g/mol. The SMILES string of the molecule is Clc1cc2cnc(Nc3cnn(C4CC4)c3Cl)nc2cc1C1CC2OC(C1)N2C1COC1. The Kier molecular flexibility index (Phi) is 4.43. The van der Waals surface area contributed by atoms with Gasteiger partial charge >= 0.3 is 0 Å². The van der Waals surface area contributed by atoms with Crippen molar-refractivity contribution in [3.63, 3.8) is 0 Å². The Morgan fingerprint density at radius 3 is 2.56 bits per heavy atom. The molecule has 8 rings (SSSR count). The third-order valence-electron chi connectivity index (χ3n) is 7.01. The summed E-state index contributed by atoms with van der Waals surface area (Å²) in [5, 5.41) is 9.88. The highest BCUT2D eigenvalue weighted by atomic mass is 35.5. The van der Waals surface area contributed by atoms with Gasteiger partial charge in [0.1, 0.15) is 12.5 Å². The van der Waals surface area contributed by atoms with Gasteiger partial charge in [-0.05, 0) is 49.3 Å². The predicted molar refractivity (Wildman–Crippen MR) is 120 cm³/mol. The highest BCUT2D eigenvalue weighted by Gasteiger charge is 2.51. The van der Waals surface area contributed by atoms with E-state index in [0.29, 0.717) is 29.1 Å². The largest absolute Gasteiger partial charge is 0.378 e. The second kappa shape index (κ2) is 7.27. The molecule has 32 heavy (non-hydrogen) atoms. The number of rotatable bonds is 5. The van der Waals surface area contributed by atoms with Crippen LogP contribution in [0.1, 0.15) is 43.2 Å². The van der Waals surface area contributed by atoms with E-state index in [1.807, 2.05) is 10.7 Å². The number of fused-ring (bicyclic) bond motifs is 3. The molecule has 166 valence electrons. The Hall–Kier alpha value is -1.97. The summed E-state index contributed by atoms with van der Waals surface area (Å²) in [6.07, 6.45) is 7.95. The summed E-state index contributed by atoms with van der Waals surface area (Å²) in [5.41, 5.74) is 2.71. The lowest BCUT2D eigenvalue weighted by molar-refractivity contribution is -0.346. The van der Waals surface area contributed by atoms with Crippen LogP contribution in [0.4, 0.5) is 11.6 Å². The second-order valence-corrected chi connectivity index (χ2v) is 9.89. The number of hydrogen-bond acceptors (Lipinski definition) is 7. The number of ether oxygens (including phenoxy) is 2. The minimum Gasteiger partial charge on any atom is -0.378 e. The van der Waals surface area contributed by atoms with Gasteiger partial charge in [-0.15, -0.1) is 0 Å². The van der Waals surface area contributed by atoms with Crippen molar-refractivity contribution in [3.8, 4) is 0 Å². The van der Waals surface area contributed by atoms with Gasteiger partial charge in [0.05, 0.1) is 42.7 Å². The third kappa shape index (κ3) is 3.12. The molecule has 2 bridgehead atoms. The molecule has 4 saturated heterocycles. The molecule has 2 atom stereocenters. The van der Waals surface area contributed by atoms with E-state index in [-0.39, 0.29) is 12.5 Å². The van der Waals surface area contributed by atoms with Gasteiger partial charge in [-0.2, -0.15) is 5.10 Å². The zero-order valence-electron chi connectivity index (χ0n) is 17.2. The lowest BCUT2D eigenvalue weighted by Gasteiger charge is -2.59. The van der Waals surface area contributed by atoms with Crippen molar-refractivity contribution in [2.75, 3.05) is 18.5 Å². The highest BCUT2D eigenvalue weighted by molar-refractivity contribution is 6.32. The third-order valence-corrected chi connectivity index (χ3v) is 7.71. The van der Waals surface area contributed by atoms with Crippen LogP contribution in [0.15, 0.2) is 24.5 Å². The quantitative estimate of drug-likeness (QED) is 0.586. The fraction of sp³-hybridized carbons (Fsp3) is 0.500. The summed E-state index contributed by atoms with van der Waals surface area (Å²) >= 11 is 13.2. The molecule has 2 aromatic heterocycles. The van der Waals surface area contributed by atoms with Crippen LogP contribution in [0.5, 0.6) is 0 Å². The zero-order chi connectivity index (χ0) is 21.4. The van der Waals surface area contributed by atoms with E-state index in [9.17, 15) is 0 Å². The lowest BCUT2D eigenvalue weighted by Crippen LogP contribution is -2.69. The van der Waals surface area contributed by atoms with E-state index in [0.717, 1.165) is 66.1 Å². The second-order valence-electron chi connectivity index (χ2n) is 9.13. The first-order chi connectivity index (χ1) is 15.6. The van der Waals surface area contributed by atoms with Crippen molar-refractivity contribution >= 4 is 45.7 Å². The Morgan fingerprint density at radius 1 is 1.03 bits per heavy atom. The molecule has 4 aliphatic heterocycles. The van der Waals surface area contributed by atoms with Crippen LogP contribution in [0.25, 0.3) is 10.9 Å². The molecule has 1 saturated carbocycles. The Balaban J connectivity index is 1.14. The first-order valence-corrected chi connectivity index (χ1v) is 11.9. The fourth-order valence-electron chi connectivity index (χ4n) is 5.07.